The average molecular weight is 526 g/mol. The number of aromatic nitrogens is 2. The largest absolute Gasteiger partial charge is 0.493 e. The second-order valence-electron chi connectivity index (χ2n) is 9.08. The fourth-order valence-electron chi connectivity index (χ4n) is 4.58. The topological polar surface area (TPSA) is 81.9 Å². The molecule has 0 unspecified atom stereocenters. The summed E-state index contributed by atoms with van der Waals surface area (Å²) in [5.41, 5.74) is 3.53. The third-order valence-electron chi connectivity index (χ3n) is 6.47. The van der Waals surface area contributed by atoms with E-state index in [-0.39, 0.29) is 10.6 Å². The van der Waals surface area contributed by atoms with E-state index in [0.29, 0.717) is 16.8 Å². The lowest BCUT2D eigenvalue weighted by atomic mass is 9.95. The molecule has 2 aromatic heterocycles. The number of imidazole rings is 1. The normalized spacial score (nSPS) is 14.6. The Kier molecular flexibility index (Phi) is 6.81. The molecule has 0 aliphatic heterocycles. The molecule has 1 fully saturated rings. The standard InChI is InChI=1S/C27H28ClN3O4S/c1-18-14-15-31-25(16-18)30-26(27(31)29-21-6-4-3-5-7-21)19-8-13-23(24(17-19)34-2)35-36(32,33)22-11-9-20(28)10-12-22/h8-17,21,29H,3-7H2,1-2H3. The van der Waals surface area contributed by atoms with Crippen molar-refractivity contribution in [1.82, 2.24) is 9.38 Å². The van der Waals surface area contributed by atoms with E-state index < -0.39 is 10.1 Å². The minimum absolute atomic E-state index is 0.00715. The Bertz CT molecular complexity index is 1490. The van der Waals surface area contributed by atoms with Crippen molar-refractivity contribution in [2.75, 3.05) is 12.4 Å². The first-order chi connectivity index (χ1) is 17.3. The van der Waals surface area contributed by atoms with E-state index in [1.165, 1.54) is 50.6 Å². The van der Waals surface area contributed by atoms with Crippen LogP contribution in [0, 0.1) is 6.92 Å². The molecule has 0 bridgehead atoms. The summed E-state index contributed by atoms with van der Waals surface area (Å²) in [7, 11) is -2.58. The van der Waals surface area contributed by atoms with Gasteiger partial charge in [0.05, 0.1) is 7.11 Å². The summed E-state index contributed by atoms with van der Waals surface area (Å²) in [6.45, 7) is 2.04. The van der Waals surface area contributed by atoms with Gasteiger partial charge in [-0.25, -0.2) is 4.98 Å². The fourth-order valence-corrected chi connectivity index (χ4v) is 5.64. The number of methoxy groups -OCH3 is 1. The number of nitrogens with one attached hydrogen (secondary N) is 1. The van der Waals surface area contributed by atoms with E-state index in [2.05, 4.69) is 15.8 Å². The summed E-state index contributed by atoms with van der Waals surface area (Å²) in [4.78, 5) is 4.93. The molecule has 0 amide bonds. The third kappa shape index (κ3) is 5.01. The van der Waals surface area contributed by atoms with Gasteiger partial charge >= 0.3 is 10.1 Å². The predicted octanol–water partition coefficient (Wildman–Crippen LogP) is 6.48. The third-order valence-corrected chi connectivity index (χ3v) is 7.97. The van der Waals surface area contributed by atoms with Gasteiger partial charge in [-0.1, -0.05) is 30.9 Å². The quantitative estimate of drug-likeness (QED) is 0.278. The molecular formula is C27H28ClN3O4S. The summed E-state index contributed by atoms with van der Waals surface area (Å²) in [6.07, 6.45) is 7.97. The smallest absolute Gasteiger partial charge is 0.339 e. The van der Waals surface area contributed by atoms with Crippen molar-refractivity contribution >= 4 is 33.2 Å². The summed E-state index contributed by atoms with van der Waals surface area (Å²) < 4.78 is 38.7. The molecule has 0 radical (unpaired) electrons. The minimum Gasteiger partial charge on any atom is -0.493 e. The molecule has 7 nitrogen and oxygen atoms in total. The molecule has 4 aromatic rings. The fraction of sp³-hybridized carbons (Fsp3) is 0.296. The van der Waals surface area contributed by atoms with Gasteiger partial charge in [0.25, 0.3) is 0 Å². The van der Waals surface area contributed by atoms with Crippen LogP contribution in [0.5, 0.6) is 11.5 Å². The van der Waals surface area contributed by atoms with Gasteiger partial charge in [0.1, 0.15) is 22.1 Å². The van der Waals surface area contributed by atoms with Crippen LogP contribution >= 0.6 is 11.6 Å². The highest BCUT2D eigenvalue weighted by molar-refractivity contribution is 7.87. The van der Waals surface area contributed by atoms with E-state index in [9.17, 15) is 8.42 Å². The molecule has 2 aromatic carbocycles. The molecule has 0 spiro atoms. The van der Waals surface area contributed by atoms with Gasteiger partial charge in [0, 0.05) is 22.8 Å². The van der Waals surface area contributed by atoms with Crippen LogP contribution < -0.4 is 14.2 Å². The summed E-state index contributed by atoms with van der Waals surface area (Å²) in [5.74, 6) is 1.31. The highest BCUT2D eigenvalue weighted by Crippen LogP contribution is 2.38. The van der Waals surface area contributed by atoms with Crippen LogP contribution in [0.15, 0.2) is 65.7 Å². The molecule has 188 valence electrons. The molecule has 36 heavy (non-hydrogen) atoms. The van der Waals surface area contributed by atoms with Gasteiger partial charge in [-0.3, -0.25) is 4.40 Å². The summed E-state index contributed by atoms with van der Waals surface area (Å²) in [6, 6.07) is 15.5. The predicted molar refractivity (Wildman–Crippen MR) is 142 cm³/mol. The van der Waals surface area contributed by atoms with Crippen molar-refractivity contribution in [3.63, 3.8) is 0 Å². The molecule has 0 atom stereocenters. The zero-order chi connectivity index (χ0) is 25.3. The Labute approximate surface area is 216 Å². The Morgan fingerprint density at radius 2 is 1.75 bits per heavy atom. The number of ether oxygens (including phenoxy) is 1. The van der Waals surface area contributed by atoms with Gasteiger partial charge in [0.2, 0.25) is 0 Å². The van der Waals surface area contributed by atoms with Crippen molar-refractivity contribution in [2.45, 2.75) is 50.0 Å². The SMILES string of the molecule is COc1cc(-c2nc3cc(C)ccn3c2NC2CCCCC2)ccc1OS(=O)(=O)c1ccc(Cl)cc1. The molecule has 9 heteroatoms. The maximum atomic E-state index is 12.8. The molecule has 1 aliphatic carbocycles. The van der Waals surface area contributed by atoms with Crippen LogP contribution in [-0.4, -0.2) is 31.0 Å². The number of rotatable bonds is 7. The Hall–Kier alpha value is -3.23. The Balaban J connectivity index is 1.52. The summed E-state index contributed by atoms with van der Waals surface area (Å²) in [5, 5.41) is 4.17. The van der Waals surface area contributed by atoms with Crippen molar-refractivity contribution in [3.05, 3.63) is 71.4 Å². The zero-order valence-corrected chi connectivity index (χ0v) is 21.8. The molecule has 0 saturated heterocycles. The van der Waals surface area contributed by atoms with E-state index in [1.54, 1.807) is 18.2 Å². The number of anilines is 1. The monoisotopic (exact) mass is 525 g/mol. The maximum Gasteiger partial charge on any atom is 0.339 e. The van der Waals surface area contributed by atoms with Crippen LogP contribution in [-0.2, 0) is 10.1 Å². The molecule has 1 N–H and O–H groups in total. The molecule has 5 rings (SSSR count). The van der Waals surface area contributed by atoms with Crippen LogP contribution in [0.3, 0.4) is 0 Å². The first-order valence-corrected chi connectivity index (χ1v) is 13.8. The van der Waals surface area contributed by atoms with E-state index in [4.69, 9.17) is 25.5 Å². The zero-order valence-electron chi connectivity index (χ0n) is 20.2. The molecule has 1 saturated carbocycles. The number of pyridine rings is 1. The maximum absolute atomic E-state index is 12.8. The van der Waals surface area contributed by atoms with Crippen LogP contribution in [0.25, 0.3) is 16.9 Å². The second kappa shape index (κ2) is 10.0. The van der Waals surface area contributed by atoms with Gasteiger partial charge in [-0.15, -0.1) is 0 Å². The van der Waals surface area contributed by atoms with Crippen LogP contribution in [0.2, 0.25) is 5.02 Å². The van der Waals surface area contributed by atoms with Crippen molar-refractivity contribution in [2.24, 2.45) is 0 Å². The number of fused-ring (bicyclic) bond motifs is 1. The molecule has 2 heterocycles. The first kappa shape index (κ1) is 24.5. The number of benzene rings is 2. The van der Waals surface area contributed by atoms with Gasteiger partial charge in [0.15, 0.2) is 11.5 Å². The number of aryl methyl sites for hydroxylation is 1. The van der Waals surface area contributed by atoms with E-state index in [0.717, 1.165) is 41.1 Å². The molecular weight excluding hydrogens is 498 g/mol. The van der Waals surface area contributed by atoms with Gasteiger partial charge < -0.3 is 14.2 Å². The number of halogens is 1. The Morgan fingerprint density at radius 1 is 1.00 bits per heavy atom. The first-order valence-electron chi connectivity index (χ1n) is 12.0. The highest BCUT2D eigenvalue weighted by atomic mass is 35.5. The highest BCUT2D eigenvalue weighted by Gasteiger charge is 2.23. The van der Waals surface area contributed by atoms with E-state index in [1.807, 2.05) is 19.2 Å². The number of hydrogen-bond donors (Lipinski definition) is 1. The summed E-state index contributed by atoms with van der Waals surface area (Å²) >= 11 is 5.89. The Morgan fingerprint density at radius 3 is 2.47 bits per heavy atom. The average Bonchev–Trinajstić information content (AvgIpc) is 3.22. The van der Waals surface area contributed by atoms with Crippen molar-refractivity contribution in [1.29, 1.82) is 0 Å². The molecule has 1 aliphatic rings. The number of nitrogens with zero attached hydrogens (tertiary/aromatic N) is 2. The van der Waals surface area contributed by atoms with Crippen molar-refractivity contribution < 1.29 is 17.3 Å². The van der Waals surface area contributed by atoms with Crippen LogP contribution in [0.4, 0.5) is 5.82 Å². The van der Waals surface area contributed by atoms with Gasteiger partial charge in [-0.2, -0.15) is 8.42 Å². The van der Waals surface area contributed by atoms with Crippen LogP contribution in [0.1, 0.15) is 37.7 Å². The lowest BCUT2D eigenvalue weighted by Crippen LogP contribution is -2.23. The lowest BCUT2D eigenvalue weighted by molar-refractivity contribution is 0.391. The second-order valence-corrected chi connectivity index (χ2v) is 11.1. The van der Waals surface area contributed by atoms with Crippen molar-refractivity contribution in [3.8, 4) is 22.8 Å². The lowest BCUT2D eigenvalue weighted by Gasteiger charge is -2.24. The minimum atomic E-state index is -4.06. The van der Waals surface area contributed by atoms with Gasteiger partial charge in [-0.05, 0) is 79.9 Å². The number of hydrogen-bond acceptors (Lipinski definition) is 6. The van der Waals surface area contributed by atoms with E-state index >= 15 is 0 Å².